The largest absolute Gasteiger partial charge is 0.351 e. The third-order valence-electron chi connectivity index (χ3n) is 5.53. The van der Waals surface area contributed by atoms with E-state index in [4.69, 9.17) is 4.98 Å². The van der Waals surface area contributed by atoms with Gasteiger partial charge in [-0.2, -0.15) is 0 Å². The Labute approximate surface area is 192 Å². The van der Waals surface area contributed by atoms with Gasteiger partial charge in [0.2, 0.25) is 5.95 Å². The van der Waals surface area contributed by atoms with E-state index in [0.717, 1.165) is 43.6 Å². The van der Waals surface area contributed by atoms with Gasteiger partial charge in [0.15, 0.2) is 5.78 Å². The minimum Gasteiger partial charge on any atom is -0.351 e. The molecule has 0 radical (unpaired) electrons. The van der Waals surface area contributed by atoms with Crippen LogP contribution in [0.4, 0.5) is 5.95 Å². The number of hydrogen-bond donors (Lipinski definition) is 2. The van der Waals surface area contributed by atoms with Gasteiger partial charge >= 0.3 is 0 Å². The molecule has 1 aliphatic rings. The number of nitrogens with one attached hydrogen (secondary N) is 2. The number of aryl methyl sites for hydroxylation is 1. The molecular formula is C24H30N4OS2. The van der Waals surface area contributed by atoms with Gasteiger partial charge in [-0.25, -0.2) is 9.97 Å². The van der Waals surface area contributed by atoms with Crippen molar-refractivity contribution in [2.75, 3.05) is 5.32 Å². The van der Waals surface area contributed by atoms with E-state index in [1.165, 1.54) is 0 Å². The zero-order chi connectivity index (χ0) is 22.4. The number of nitrogens with zero attached hydrogens (tertiary/aromatic N) is 2. The maximum Gasteiger partial charge on any atom is 0.223 e. The van der Waals surface area contributed by atoms with Crippen LogP contribution < -0.4 is 10.6 Å². The first kappa shape index (κ1) is 22.1. The summed E-state index contributed by atoms with van der Waals surface area (Å²) in [6, 6.07) is 8.47. The molecule has 0 unspecified atom stereocenters. The number of carbonyl (C=O) groups excluding carboxylic acids is 1. The van der Waals surface area contributed by atoms with Crippen LogP contribution in [0.2, 0.25) is 0 Å². The molecule has 4 heterocycles. The molecule has 1 saturated heterocycles. The van der Waals surface area contributed by atoms with Gasteiger partial charge < -0.3 is 10.6 Å². The minimum atomic E-state index is 0.0645. The molecule has 0 saturated carbocycles. The van der Waals surface area contributed by atoms with Gasteiger partial charge in [-0.05, 0) is 84.2 Å². The molecule has 0 amide bonds. The molecule has 7 heteroatoms. The molecule has 0 aliphatic carbocycles. The Morgan fingerprint density at radius 2 is 1.65 bits per heavy atom. The molecule has 5 nitrogen and oxygen atoms in total. The summed E-state index contributed by atoms with van der Waals surface area (Å²) in [4.78, 5) is 25.3. The number of anilines is 1. The zero-order valence-electron chi connectivity index (χ0n) is 19.0. The van der Waals surface area contributed by atoms with Gasteiger partial charge in [-0.15, -0.1) is 22.7 Å². The number of Topliss-reactive ketones (excluding diaryl/α,β-unsaturated/α-hetero) is 1. The van der Waals surface area contributed by atoms with E-state index < -0.39 is 0 Å². The van der Waals surface area contributed by atoms with Crippen LogP contribution in [0, 0.1) is 6.92 Å². The van der Waals surface area contributed by atoms with E-state index in [-0.39, 0.29) is 16.9 Å². The first-order valence-corrected chi connectivity index (χ1v) is 12.3. The van der Waals surface area contributed by atoms with Crippen molar-refractivity contribution in [3.05, 3.63) is 40.9 Å². The molecule has 4 rings (SSSR count). The van der Waals surface area contributed by atoms with Gasteiger partial charge in [-0.3, -0.25) is 4.79 Å². The van der Waals surface area contributed by atoms with Crippen LogP contribution in [0.3, 0.4) is 0 Å². The van der Waals surface area contributed by atoms with Crippen LogP contribution in [0.15, 0.2) is 30.5 Å². The fraction of sp³-hybridized carbons (Fsp3) is 0.458. The summed E-state index contributed by atoms with van der Waals surface area (Å²) < 4.78 is 0. The summed E-state index contributed by atoms with van der Waals surface area (Å²) in [5.74, 6) is 0.795. The molecule has 0 aromatic carbocycles. The fourth-order valence-electron chi connectivity index (χ4n) is 4.63. The first-order chi connectivity index (χ1) is 14.5. The highest BCUT2D eigenvalue weighted by Gasteiger charge is 2.37. The Balaban J connectivity index is 1.57. The van der Waals surface area contributed by atoms with Crippen LogP contribution in [-0.4, -0.2) is 32.9 Å². The van der Waals surface area contributed by atoms with Crippen molar-refractivity contribution in [3.63, 3.8) is 0 Å². The molecule has 0 bridgehead atoms. The van der Waals surface area contributed by atoms with Crippen LogP contribution in [0.1, 0.15) is 62.7 Å². The predicted molar refractivity (Wildman–Crippen MR) is 131 cm³/mol. The molecule has 3 aromatic heterocycles. The number of aromatic nitrogens is 2. The molecule has 31 heavy (non-hydrogen) atoms. The summed E-state index contributed by atoms with van der Waals surface area (Å²) in [6.07, 6.45) is 3.94. The van der Waals surface area contributed by atoms with Gasteiger partial charge in [-0.1, -0.05) is 0 Å². The number of thiophene rings is 2. The highest BCUT2D eigenvalue weighted by molar-refractivity contribution is 7.24. The SMILES string of the molecule is CC(=O)c1ccc(-c2ccc(-c3nc(NC4CC(C)(C)NC(C)(C)C4)ncc3C)s2)s1. The molecule has 0 atom stereocenters. The summed E-state index contributed by atoms with van der Waals surface area (Å²) in [6.45, 7) is 12.7. The van der Waals surface area contributed by atoms with E-state index >= 15 is 0 Å². The maximum atomic E-state index is 11.6. The van der Waals surface area contributed by atoms with Crippen molar-refractivity contribution < 1.29 is 4.79 Å². The highest BCUT2D eigenvalue weighted by Crippen LogP contribution is 2.38. The fourth-order valence-corrected chi connectivity index (χ4v) is 6.68. The van der Waals surface area contributed by atoms with Crippen LogP contribution >= 0.6 is 22.7 Å². The zero-order valence-corrected chi connectivity index (χ0v) is 20.6. The Kier molecular flexibility index (Phi) is 5.79. The Morgan fingerprint density at radius 1 is 1.03 bits per heavy atom. The van der Waals surface area contributed by atoms with E-state index in [1.807, 2.05) is 25.3 Å². The van der Waals surface area contributed by atoms with Crippen LogP contribution in [0.5, 0.6) is 0 Å². The van der Waals surface area contributed by atoms with Crippen molar-refractivity contribution in [3.8, 4) is 20.3 Å². The van der Waals surface area contributed by atoms with Crippen molar-refractivity contribution in [2.24, 2.45) is 0 Å². The Bertz CT molecular complexity index is 1100. The monoisotopic (exact) mass is 454 g/mol. The smallest absolute Gasteiger partial charge is 0.223 e. The number of ketones is 1. The minimum absolute atomic E-state index is 0.0645. The second kappa shape index (κ2) is 8.11. The third-order valence-corrected chi connectivity index (χ3v) is 8.00. The van der Waals surface area contributed by atoms with Gasteiger partial charge in [0.05, 0.1) is 15.4 Å². The van der Waals surface area contributed by atoms with E-state index in [2.05, 4.69) is 55.4 Å². The summed E-state index contributed by atoms with van der Waals surface area (Å²) in [5, 5.41) is 7.31. The molecule has 1 fully saturated rings. The Morgan fingerprint density at radius 3 is 2.29 bits per heavy atom. The molecule has 0 spiro atoms. The number of rotatable bonds is 5. The number of carbonyl (C=O) groups is 1. The lowest BCUT2D eigenvalue weighted by molar-refractivity contribution is 0.102. The normalized spacial score (nSPS) is 18.1. The summed E-state index contributed by atoms with van der Waals surface area (Å²) in [5.41, 5.74) is 2.15. The topological polar surface area (TPSA) is 66.9 Å². The average molecular weight is 455 g/mol. The highest BCUT2D eigenvalue weighted by atomic mass is 32.1. The molecule has 164 valence electrons. The predicted octanol–water partition coefficient (Wildman–Crippen LogP) is 6.17. The van der Waals surface area contributed by atoms with E-state index in [0.29, 0.717) is 12.0 Å². The van der Waals surface area contributed by atoms with Gasteiger partial charge in [0, 0.05) is 33.1 Å². The van der Waals surface area contributed by atoms with E-state index in [9.17, 15) is 4.79 Å². The van der Waals surface area contributed by atoms with Crippen molar-refractivity contribution >= 4 is 34.4 Å². The lowest BCUT2D eigenvalue weighted by Gasteiger charge is -2.46. The van der Waals surface area contributed by atoms with Crippen molar-refractivity contribution in [1.82, 2.24) is 15.3 Å². The van der Waals surface area contributed by atoms with Crippen molar-refractivity contribution in [2.45, 2.75) is 71.5 Å². The molecule has 2 N–H and O–H groups in total. The van der Waals surface area contributed by atoms with Crippen LogP contribution in [0.25, 0.3) is 20.3 Å². The second-order valence-corrected chi connectivity index (χ2v) is 11.9. The number of hydrogen-bond acceptors (Lipinski definition) is 7. The second-order valence-electron chi connectivity index (χ2n) is 9.75. The van der Waals surface area contributed by atoms with Crippen LogP contribution in [-0.2, 0) is 0 Å². The summed E-state index contributed by atoms with van der Waals surface area (Å²) >= 11 is 3.25. The quantitative estimate of drug-likeness (QED) is 0.452. The molecular weight excluding hydrogens is 424 g/mol. The number of piperidine rings is 1. The molecule has 1 aliphatic heterocycles. The van der Waals surface area contributed by atoms with Gasteiger partial charge in [0.1, 0.15) is 0 Å². The average Bonchev–Trinajstić information content (AvgIpc) is 3.29. The van der Waals surface area contributed by atoms with Crippen molar-refractivity contribution in [1.29, 1.82) is 0 Å². The maximum absolute atomic E-state index is 11.6. The standard InChI is InChI=1S/C24H30N4OS2/c1-14-13-25-22(26-16-11-23(3,4)28-24(5,6)12-16)27-21(14)20-10-9-19(31-20)18-8-7-17(30-18)15(2)29/h7-10,13,16,28H,11-12H2,1-6H3,(H,25,26,27). The summed E-state index contributed by atoms with van der Waals surface area (Å²) in [7, 11) is 0. The lowest BCUT2D eigenvalue weighted by atomic mass is 9.80. The first-order valence-electron chi connectivity index (χ1n) is 10.6. The third kappa shape index (κ3) is 5.05. The lowest BCUT2D eigenvalue weighted by Crippen LogP contribution is -2.60. The molecule has 3 aromatic rings. The van der Waals surface area contributed by atoms with E-state index in [1.54, 1.807) is 29.6 Å². The Hall–Kier alpha value is -2.09. The van der Waals surface area contributed by atoms with Gasteiger partial charge in [0.25, 0.3) is 0 Å².